The van der Waals surface area contributed by atoms with Gasteiger partial charge in [0.2, 0.25) is 0 Å². The van der Waals surface area contributed by atoms with Gasteiger partial charge in [-0.05, 0) is 55.7 Å². The molecule has 0 amide bonds. The normalized spacial score (nSPS) is 10.3. The highest BCUT2D eigenvalue weighted by molar-refractivity contribution is 7.80. The van der Waals surface area contributed by atoms with Crippen LogP contribution in [0.15, 0.2) is 30.3 Å². The Morgan fingerprint density at radius 1 is 1.04 bits per heavy atom. The fourth-order valence-electron chi connectivity index (χ4n) is 2.47. The van der Waals surface area contributed by atoms with Crippen LogP contribution >= 0.6 is 12.2 Å². The van der Waals surface area contributed by atoms with E-state index in [1.807, 2.05) is 24.3 Å². The summed E-state index contributed by atoms with van der Waals surface area (Å²) in [5.74, 6) is 2.03. The zero-order chi connectivity index (χ0) is 17.7. The minimum atomic E-state index is 0.273. The molecule has 0 atom stereocenters. The van der Waals surface area contributed by atoms with Crippen molar-refractivity contribution in [2.45, 2.75) is 20.8 Å². The van der Waals surface area contributed by atoms with Crippen molar-refractivity contribution in [2.24, 2.45) is 5.73 Å². The molecule has 0 bridgehead atoms. The highest BCUT2D eigenvalue weighted by atomic mass is 32.1. The van der Waals surface area contributed by atoms with Gasteiger partial charge in [0.15, 0.2) is 11.5 Å². The summed E-state index contributed by atoms with van der Waals surface area (Å²) in [5, 5.41) is 0. The second kappa shape index (κ2) is 8.02. The summed E-state index contributed by atoms with van der Waals surface area (Å²) in [4.78, 5) is 0.273. The molecule has 0 unspecified atom stereocenters. The van der Waals surface area contributed by atoms with Crippen molar-refractivity contribution in [3.63, 3.8) is 0 Å². The van der Waals surface area contributed by atoms with Crippen LogP contribution in [0.4, 0.5) is 0 Å². The van der Waals surface area contributed by atoms with Gasteiger partial charge < -0.3 is 19.9 Å². The number of thiocarbonyl (C=S) groups is 1. The lowest BCUT2D eigenvalue weighted by molar-refractivity contribution is 0.210. The van der Waals surface area contributed by atoms with E-state index in [1.165, 1.54) is 11.1 Å². The minimum Gasteiger partial charge on any atom is -0.493 e. The Balaban J connectivity index is 2.04. The van der Waals surface area contributed by atoms with Crippen LogP contribution in [0.5, 0.6) is 17.2 Å². The lowest BCUT2D eigenvalue weighted by atomic mass is 10.1. The number of benzene rings is 2. The number of hydrogen-bond acceptors (Lipinski definition) is 4. The molecule has 2 aromatic carbocycles. The number of aryl methyl sites for hydroxylation is 2. The van der Waals surface area contributed by atoms with E-state index in [0.29, 0.717) is 30.3 Å². The molecular formula is C19H23NO3S. The first kappa shape index (κ1) is 18.1. The van der Waals surface area contributed by atoms with Gasteiger partial charge in [0.05, 0.1) is 12.7 Å². The summed E-state index contributed by atoms with van der Waals surface area (Å²) < 4.78 is 17.0. The SMILES string of the molecule is COc1cccc(C(N)=S)c1OCCOc1cc(C)cc(C)c1C. The van der Waals surface area contributed by atoms with Gasteiger partial charge in [-0.1, -0.05) is 24.4 Å². The highest BCUT2D eigenvalue weighted by Crippen LogP contribution is 2.31. The maximum Gasteiger partial charge on any atom is 0.171 e. The van der Waals surface area contributed by atoms with E-state index < -0.39 is 0 Å². The molecule has 0 aliphatic rings. The van der Waals surface area contributed by atoms with Crippen molar-refractivity contribution >= 4 is 17.2 Å². The molecule has 2 aromatic rings. The first-order chi connectivity index (χ1) is 11.4. The van der Waals surface area contributed by atoms with Crippen molar-refractivity contribution in [3.05, 3.63) is 52.6 Å². The standard InChI is InChI=1S/C19H23NO3S/c1-12-10-13(2)14(3)17(11-12)22-8-9-23-18-15(19(20)24)6-5-7-16(18)21-4/h5-7,10-11H,8-9H2,1-4H3,(H2,20,24). The molecule has 128 valence electrons. The van der Waals surface area contributed by atoms with E-state index in [-0.39, 0.29) is 4.99 Å². The topological polar surface area (TPSA) is 53.7 Å². The van der Waals surface area contributed by atoms with Gasteiger partial charge in [0, 0.05) is 0 Å². The molecule has 0 aromatic heterocycles. The molecule has 0 saturated carbocycles. The number of para-hydroxylation sites is 1. The van der Waals surface area contributed by atoms with Crippen molar-refractivity contribution in [2.75, 3.05) is 20.3 Å². The lowest BCUT2D eigenvalue weighted by Crippen LogP contribution is -2.15. The molecule has 0 aliphatic carbocycles. The van der Waals surface area contributed by atoms with Crippen molar-refractivity contribution in [1.29, 1.82) is 0 Å². The minimum absolute atomic E-state index is 0.273. The smallest absolute Gasteiger partial charge is 0.171 e. The molecule has 4 nitrogen and oxygen atoms in total. The maximum absolute atomic E-state index is 5.86. The zero-order valence-corrected chi connectivity index (χ0v) is 15.3. The van der Waals surface area contributed by atoms with Crippen LogP contribution in [-0.2, 0) is 0 Å². The molecule has 2 N–H and O–H groups in total. The fraction of sp³-hybridized carbons (Fsp3) is 0.316. The van der Waals surface area contributed by atoms with Crippen LogP contribution in [0.3, 0.4) is 0 Å². The quantitative estimate of drug-likeness (QED) is 0.612. The lowest BCUT2D eigenvalue weighted by Gasteiger charge is -2.16. The Hall–Kier alpha value is -2.27. The van der Waals surface area contributed by atoms with Gasteiger partial charge in [-0.2, -0.15) is 0 Å². The molecule has 0 fully saturated rings. The maximum atomic E-state index is 5.86. The Labute approximate surface area is 148 Å². The summed E-state index contributed by atoms with van der Waals surface area (Å²) in [5.41, 5.74) is 9.94. The molecule has 0 heterocycles. The molecule has 0 radical (unpaired) electrons. The van der Waals surface area contributed by atoms with Crippen molar-refractivity contribution in [3.8, 4) is 17.2 Å². The number of rotatable bonds is 7. The molecular weight excluding hydrogens is 322 g/mol. The number of ether oxygens (including phenoxy) is 3. The summed E-state index contributed by atoms with van der Waals surface area (Å²) in [7, 11) is 1.58. The van der Waals surface area contributed by atoms with Crippen LogP contribution < -0.4 is 19.9 Å². The molecule has 2 rings (SSSR count). The molecule has 0 saturated heterocycles. The van der Waals surface area contributed by atoms with Gasteiger partial charge >= 0.3 is 0 Å². The summed E-state index contributed by atoms with van der Waals surface area (Å²) in [6.45, 7) is 6.96. The predicted octanol–water partition coefficient (Wildman–Crippen LogP) is 3.71. The van der Waals surface area contributed by atoms with Gasteiger partial charge in [-0.15, -0.1) is 0 Å². The van der Waals surface area contributed by atoms with E-state index in [1.54, 1.807) is 7.11 Å². The fourth-order valence-corrected chi connectivity index (χ4v) is 2.63. The van der Waals surface area contributed by atoms with E-state index in [4.69, 9.17) is 32.2 Å². The average molecular weight is 345 g/mol. The van der Waals surface area contributed by atoms with Gasteiger partial charge in [0.1, 0.15) is 24.0 Å². The average Bonchev–Trinajstić information content (AvgIpc) is 2.55. The number of hydrogen-bond donors (Lipinski definition) is 1. The van der Waals surface area contributed by atoms with Crippen molar-refractivity contribution in [1.82, 2.24) is 0 Å². The van der Waals surface area contributed by atoms with Crippen LogP contribution in [0, 0.1) is 20.8 Å². The monoisotopic (exact) mass is 345 g/mol. The zero-order valence-electron chi connectivity index (χ0n) is 14.5. The third-order valence-electron chi connectivity index (χ3n) is 3.82. The molecule has 24 heavy (non-hydrogen) atoms. The Bertz CT molecular complexity index is 744. The summed E-state index contributed by atoms with van der Waals surface area (Å²) >= 11 is 5.07. The predicted molar refractivity (Wildman–Crippen MR) is 101 cm³/mol. The van der Waals surface area contributed by atoms with Gasteiger partial charge in [-0.25, -0.2) is 0 Å². The van der Waals surface area contributed by atoms with Crippen LogP contribution in [0.1, 0.15) is 22.3 Å². The molecule has 0 spiro atoms. The first-order valence-corrected chi connectivity index (χ1v) is 8.15. The largest absolute Gasteiger partial charge is 0.493 e. The van der Waals surface area contributed by atoms with E-state index in [2.05, 4.69) is 26.8 Å². The second-order valence-electron chi connectivity index (χ2n) is 5.60. The van der Waals surface area contributed by atoms with E-state index >= 15 is 0 Å². The molecule has 5 heteroatoms. The third kappa shape index (κ3) is 4.17. The Kier molecular flexibility index (Phi) is 6.04. The second-order valence-corrected chi connectivity index (χ2v) is 6.04. The summed E-state index contributed by atoms with van der Waals surface area (Å²) in [6.07, 6.45) is 0. The van der Waals surface area contributed by atoms with Gasteiger partial charge in [0.25, 0.3) is 0 Å². The van der Waals surface area contributed by atoms with Crippen LogP contribution in [0.2, 0.25) is 0 Å². The first-order valence-electron chi connectivity index (χ1n) is 7.74. The Morgan fingerprint density at radius 3 is 2.42 bits per heavy atom. The van der Waals surface area contributed by atoms with Crippen LogP contribution in [-0.4, -0.2) is 25.3 Å². The molecule has 0 aliphatic heterocycles. The van der Waals surface area contributed by atoms with Crippen LogP contribution in [0.25, 0.3) is 0 Å². The van der Waals surface area contributed by atoms with E-state index in [0.717, 1.165) is 11.3 Å². The van der Waals surface area contributed by atoms with Gasteiger partial charge in [-0.3, -0.25) is 0 Å². The van der Waals surface area contributed by atoms with E-state index in [9.17, 15) is 0 Å². The van der Waals surface area contributed by atoms with Crippen molar-refractivity contribution < 1.29 is 14.2 Å². The Morgan fingerprint density at radius 2 is 1.75 bits per heavy atom. The number of nitrogens with two attached hydrogens (primary N) is 1. The highest BCUT2D eigenvalue weighted by Gasteiger charge is 2.13. The third-order valence-corrected chi connectivity index (χ3v) is 4.04. The number of methoxy groups -OCH3 is 1. The summed E-state index contributed by atoms with van der Waals surface area (Å²) in [6, 6.07) is 9.63.